The van der Waals surface area contributed by atoms with Crippen molar-refractivity contribution in [3.8, 4) is 0 Å². The maximum absolute atomic E-state index is 12.5. The number of hydrogen-bond acceptors (Lipinski definition) is 3. The second-order valence-electron chi connectivity index (χ2n) is 4.45. The van der Waals surface area contributed by atoms with Crippen molar-refractivity contribution in [1.29, 1.82) is 0 Å². The summed E-state index contributed by atoms with van der Waals surface area (Å²) < 4.78 is 48.8. The van der Waals surface area contributed by atoms with Gasteiger partial charge in [-0.05, 0) is 24.6 Å². The molecule has 1 aromatic rings. The van der Waals surface area contributed by atoms with Crippen LogP contribution in [0.1, 0.15) is 25.3 Å². The number of nitrogen functional groups attached to an aromatic ring is 1. The molecule has 1 amide bonds. The maximum atomic E-state index is 12.5. The van der Waals surface area contributed by atoms with Gasteiger partial charge in [0.1, 0.15) is 0 Å². The van der Waals surface area contributed by atoms with Gasteiger partial charge >= 0.3 is 6.18 Å². The fourth-order valence-electron chi connectivity index (χ4n) is 1.60. The number of benzene rings is 1. The minimum atomic E-state index is -4.48. The number of rotatable bonds is 6. The quantitative estimate of drug-likeness (QED) is 0.791. The first kappa shape index (κ1) is 17.5. The molecule has 3 N–H and O–H groups in total. The van der Waals surface area contributed by atoms with E-state index >= 15 is 0 Å². The van der Waals surface area contributed by atoms with Gasteiger partial charge in [-0.2, -0.15) is 13.2 Å². The fourth-order valence-corrected chi connectivity index (χ4v) is 2.67. The van der Waals surface area contributed by atoms with Crippen LogP contribution in [0.15, 0.2) is 18.2 Å². The van der Waals surface area contributed by atoms with Crippen LogP contribution in [0.5, 0.6) is 0 Å². The van der Waals surface area contributed by atoms with E-state index in [-0.39, 0.29) is 23.5 Å². The second kappa shape index (κ2) is 7.44. The molecule has 1 rings (SSSR count). The third-order valence-corrected chi connectivity index (χ3v) is 4.16. The summed E-state index contributed by atoms with van der Waals surface area (Å²) in [7, 11) is -1.06. The first-order chi connectivity index (χ1) is 9.74. The van der Waals surface area contributed by atoms with Gasteiger partial charge in [0.25, 0.3) is 0 Å². The molecule has 0 fully saturated rings. The molecule has 8 heteroatoms. The number of hydrogen-bond donors (Lipinski definition) is 2. The van der Waals surface area contributed by atoms with E-state index < -0.39 is 28.4 Å². The van der Waals surface area contributed by atoms with E-state index in [4.69, 9.17) is 5.73 Å². The molecule has 0 saturated heterocycles. The average molecular weight is 322 g/mol. The monoisotopic (exact) mass is 322 g/mol. The Morgan fingerprint density at radius 2 is 2.00 bits per heavy atom. The Hall–Kier alpha value is -1.57. The number of carbonyl (C=O) groups is 1. The predicted molar refractivity (Wildman–Crippen MR) is 77.3 cm³/mol. The van der Waals surface area contributed by atoms with Crippen molar-refractivity contribution in [2.24, 2.45) is 0 Å². The van der Waals surface area contributed by atoms with Gasteiger partial charge in [0, 0.05) is 28.7 Å². The number of nitrogens with one attached hydrogen (secondary N) is 1. The lowest BCUT2D eigenvalue weighted by Gasteiger charge is -2.11. The van der Waals surface area contributed by atoms with Gasteiger partial charge in [0.15, 0.2) is 0 Å². The highest BCUT2D eigenvalue weighted by Gasteiger charge is 2.30. The van der Waals surface area contributed by atoms with Gasteiger partial charge in [0.05, 0.1) is 16.9 Å². The van der Waals surface area contributed by atoms with Crippen LogP contribution in [0.2, 0.25) is 0 Å². The molecule has 0 saturated carbocycles. The summed E-state index contributed by atoms with van der Waals surface area (Å²) in [5.41, 5.74) is 4.58. The Kier molecular flexibility index (Phi) is 6.19. The SMILES string of the molecule is CCCS(=O)CCC(=O)Nc1ccc(C(F)(F)F)cc1N. The normalized spacial score (nSPS) is 13.0. The van der Waals surface area contributed by atoms with Gasteiger partial charge in [-0.1, -0.05) is 6.92 Å². The minimum absolute atomic E-state index is 0.0348. The number of anilines is 2. The highest BCUT2D eigenvalue weighted by Crippen LogP contribution is 2.32. The number of alkyl halides is 3. The van der Waals surface area contributed by atoms with Gasteiger partial charge in [-0.15, -0.1) is 0 Å². The number of carbonyl (C=O) groups excluding carboxylic acids is 1. The van der Waals surface area contributed by atoms with Crippen molar-refractivity contribution in [2.45, 2.75) is 25.9 Å². The zero-order valence-electron chi connectivity index (χ0n) is 11.5. The lowest BCUT2D eigenvalue weighted by molar-refractivity contribution is -0.137. The highest BCUT2D eigenvalue weighted by molar-refractivity contribution is 7.84. The first-order valence-corrected chi connectivity index (χ1v) is 7.84. The van der Waals surface area contributed by atoms with Crippen molar-refractivity contribution in [3.05, 3.63) is 23.8 Å². The van der Waals surface area contributed by atoms with E-state index in [9.17, 15) is 22.2 Å². The Balaban J connectivity index is 2.63. The van der Waals surface area contributed by atoms with Crippen molar-refractivity contribution < 1.29 is 22.2 Å². The highest BCUT2D eigenvalue weighted by atomic mass is 32.2. The number of nitrogens with two attached hydrogens (primary N) is 1. The van der Waals surface area contributed by atoms with Crippen LogP contribution in [0.25, 0.3) is 0 Å². The Morgan fingerprint density at radius 3 is 2.52 bits per heavy atom. The third kappa shape index (κ3) is 5.74. The van der Waals surface area contributed by atoms with E-state index in [0.717, 1.165) is 24.6 Å². The van der Waals surface area contributed by atoms with Crippen molar-refractivity contribution in [1.82, 2.24) is 0 Å². The summed E-state index contributed by atoms with van der Waals surface area (Å²) in [5.74, 6) is 0.321. The van der Waals surface area contributed by atoms with E-state index in [1.165, 1.54) is 0 Å². The summed E-state index contributed by atoms with van der Waals surface area (Å²) >= 11 is 0. The largest absolute Gasteiger partial charge is 0.416 e. The summed E-state index contributed by atoms with van der Waals surface area (Å²) in [4.78, 5) is 11.6. The predicted octanol–water partition coefficient (Wildman–Crippen LogP) is 2.77. The van der Waals surface area contributed by atoms with Crippen LogP contribution >= 0.6 is 0 Å². The smallest absolute Gasteiger partial charge is 0.397 e. The van der Waals surface area contributed by atoms with Crippen LogP contribution < -0.4 is 11.1 Å². The topological polar surface area (TPSA) is 72.2 Å². The second-order valence-corrected chi connectivity index (χ2v) is 6.14. The molecule has 0 aliphatic rings. The summed E-state index contributed by atoms with van der Waals surface area (Å²) in [6, 6.07) is 2.73. The Bertz CT molecular complexity index is 533. The van der Waals surface area contributed by atoms with Crippen LogP contribution in [-0.2, 0) is 21.8 Å². The summed E-state index contributed by atoms with van der Waals surface area (Å²) in [6.45, 7) is 1.89. The Labute approximate surface area is 123 Å². The molecule has 21 heavy (non-hydrogen) atoms. The molecule has 1 aromatic carbocycles. The molecule has 0 aliphatic carbocycles. The average Bonchev–Trinajstić information content (AvgIpc) is 2.38. The van der Waals surface area contributed by atoms with E-state index in [1.807, 2.05) is 6.92 Å². The molecule has 1 atom stereocenters. The van der Waals surface area contributed by atoms with Crippen LogP contribution in [0.3, 0.4) is 0 Å². The fraction of sp³-hybridized carbons (Fsp3) is 0.462. The first-order valence-electron chi connectivity index (χ1n) is 6.35. The molecule has 0 aromatic heterocycles. The molecule has 0 radical (unpaired) electrons. The zero-order chi connectivity index (χ0) is 16.0. The molecule has 0 heterocycles. The molecular weight excluding hydrogens is 305 g/mol. The molecule has 1 unspecified atom stereocenters. The van der Waals surface area contributed by atoms with Crippen LogP contribution in [0, 0.1) is 0 Å². The molecular formula is C13H17F3N2O2S. The third-order valence-electron chi connectivity index (χ3n) is 2.64. The lowest BCUT2D eigenvalue weighted by atomic mass is 10.1. The van der Waals surface area contributed by atoms with E-state index in [0.29, 0.717) is 5.75 Å². The summed E-state index contributed by atoms with van der Waals surface area (Å²) in [6.07, 6.45) is -3.68. The van der Waals surface area contributed by atoms with E-state index in [2.05, 4.69) is 5.32 Å². The van der Waals surface area contributed by atoms with Crippen molar-refractivity contribution >= 4 is 28.1 Å². The van der Waals surface area contributed by atoms with Gasteiger partial charge in [-0.3, -0.25) is 9.00 Å². The van der Waals surface area contributed by atoms with Crippen molar-refractivity contribution in [3.63, 3.8) is 0 Å². The molecule has 0 spiro atoms. The molecule has 0 bridgehead atoms. The number of halogens is 3. The maximum Gasteiger partial charge on any atom is 0.416 e. The van der Waals surface area contributed by atoms with Gasteiger partial charge in [-0.25, -0.2) is 0 Å². The molecule has 0 aliphatic heterocycles. The molecule has 118 valence electrons. The van der Waals surface area contributed by atoms with Crippen LogP contribution in [0.4, 0.5) is 24.5 Å². The number of amides is 1. The summed E-state index contributed by atoms with van der Waals surface area (Å²) in [5, 5.41) is 2.42. The minimum Gasteiger partial charge on any atom is -0.397 e. The zero-order valence-corrected chi connectivity index (χ0v) is 12.3. The van der Waals surface area contributed by atoms with Crippen molar-refractivity contribution in [2.75, 3.05) is 22.6 Å². The Morgan fingerprint density at radius 1 is 1.33 bits per heavy atom. The van der Waals surface area contributed by atoms with E-state index in [1.54, 1.807) is 0 Å². The van der Waals surface area contributed by atoms with Gasteiger partial charge in [0.2, 0.25) is 5.91 Å². The van der Waals surface area contributed by atoms with Crippen LogP contribution in [-0.4, -0.2) is 21.6 Å². The lowest BCUT2D eigenvalue weighted by Crippen LogP contribution is -2.17. The standard InChI is InChI=1S/C13H17F3N2O2S/c1-2-6-21(20)7-5-12(19)18-11-4-3-9(8-10(11)17)13(14,15)16/h3-4,8H,2,5-7,17H2,1H3,(H,18,19). The van der Waals surface area contributed by atoms with Gasteiger partial charge < -0.3 is 11.1 Å². The molecule has 4 nitrogen and oxygen atoms in total.